The Labute approximate surface area is 130 Å². The van der Waals surface area contributed by atoms with E-state index in [2.05, 4.69) is 16.8 Å². The first-order chi connectivity index (χ1) is 9.16. The highest BCUT2D eigenvalue weighted by Gasteiger charge is 2.39. The highest BCUT2D eigenvalue weighted by Crippen LogP contribution is 2.29. The summed E-state index contributed by atoms with van der Waals surface area (Å²) >= 11 is 1.72. The van der Waals surface area contributed by atoms with Crippen LogP contribution in [-0.4, -0.2) is 31.7 Å². The highest BCUT2D eigenvalue weighted by molar-refractivity contribution is 7.09. The number of rotatable bonds is 5. The van der Waals surface area contributed by atoms with Crippen molar-refractivity contribution in [1.82, 2.24) is 5.32 Å². The van der Waals surface area contributed by atoms with Crippen LogP contribution in [0.3, 0.4) is 0 Å². The molecule has 0 bridgehead atoms. The molecule has 0 aliphatic carbocycles. The number of hydrogen-bond donors (Lipinski definition) is 2. The van der Waals surface area contributed by atoms with Crippen LogP contribution in [0.5, 0.6) is 0 Å². The molecule has 20 heavy (non-hydrogen) atoms. The highest BCUT2D eigenvalue weighted by atomic mass is 35.5. The average Bonchev–Trinajstić information content (AvgIpc) is 2.92. The van der Waals surface area contributed by atoms with E-state index in [0.717, 1.165) is 19.3 Å². The quantitative estimate of drug-likeness (QED) is 0.872. The lowest BCUT2D eigenvalue weighted by Gasteiger charge is -2.35. The molecule has 1 fully saturated rings. The lowest BCUT2D eigenvalue weighted by molar-refractivity contribution is -0.136. The SMILES string of the molecule is CC(Cc1cccs1)NC(=O)C1(CN)CCOCC1.Cl. The smallest absolute Gasteiger partial charge is 0.227 e. The molecule has 1 unspecified atom stereocenters. The second-order valence-corrected chi connectivity index (χ2v) is 6.29. The van der Waals surface area contributed by atoms with Gasteiger partial charge in [0.15, 0.2) is 0 Å². The normalized spacial score (nSPS) is 18.9. The molecule has 1 aromatic heterocycles. The maximum atomic E-state index is 12.4. The van der Waals surface area contributed by atoms with Crippen LogP contribution in [0.2, 0.25) is 0 Å². The summed E-state index contributed by atoms with van der Waals surface area (Å²) in [6, 6.07) is 4.27. The van der Waals surface area contributed by atoms with Crippen LogP contribution in [0.4, 0.5) is 0 Å². The molecule has 0 aromatic carbocycles. The van der Waals surface area contributed by atoms with Gasteiger partial charge in [0, 0.05) is 37.1 Å². The third kappa shape index (κ3) is 4.19. The molecule has 1 atom stereocenters. The number of halogens is 1. The van der Waals surface area contributed by atoms with Gasteiger partial charge in [-0.2, -0.15) is 0 Å². The van der Waals surface area contributed by atoms with Crippen molar-refractivity contribution >= 4 is 29.7 Å². The first-order valence-electron chi connectivity index (χ1n) is 6.77. The minimum absolute atomic E-state index is 0. The maximum Gasteiger partial charge on any atom is 0.227 e. The second kappa shape index (κ2) is 7.98. The van der Waals surface area contributed by atoms with Crippen LogP contribution in [0.25, 0.3) is 0 Å². The fraction of sp³-hybridized carbons (Fsp3) is 0.643. The van der Waals surface area contributed by atoms with Crippen molar-refractivity contribution in [2.75, 3.05) is 19.8 Å². The van der Waals surface area contributed by atoms with Gasteiger partial charge >= 0.3 is 0 Å². The minimum Gasteiger partial charge on any atom is -0.381 e. The van der Waals surface area contributed by atoms with Gasteiger partial charge in [-0.3, -0.25) is 4.79 Å². The third-order valence-corrected chi connectivity index (χ3v) is 4.69. The van der Waals surface area contributed by atoms with Crippen LogP contribution in [0, 0.1) is 5.41 Å². The Morgan fingerprint density at radius 1 is 1.55 bits per heavy atom. The van der Waals surface area contributed by atoms with Gasteiger partial charge in [0.2, 0.25) is 5.91 Å². The molecule has 114 valence electrons. The summed E-state index contributed by atoms with van der Waals surface area (Å²) in [5.74, 6) is 0.0855. The van der Waals surface area contributed by atoms with E-state index in [1.807, 2.05) is 13.0 Å². The number of amides is 1. The van der Waals surface area contributed by atoms with Crippen LogP contribution in [0.15, 0.2) is 17.5 Å². The number of ether oxygens (including phenoxy) is 1. The lowest BCUT2D eigenvalue weighted by atomic mass is 9.79. The molecule has 3 N–H and O–H groups in total. The molecule has 0 saturated carbocycles. The predicted octanol–water partition coefficient (Wildman–Crippen LogP) is 1.97. The Balaban J connectivity index is 0.00000200. The van der Waals surface area contributed by atoms with Gasteiger partial charge in [-0.25, -0.2) is 0 Å². The van der Waals surface area contributed by atoms with Crippen molar-refractivity contribution < 1.29 is 9.53 Å². The van der Waals surface area contributed by atoms with Gasteiger partial charge in [0.1, 0.15) is 0 Å². The van der Waals surface area contributed by atoms with Gasteiger partial charge in [-0.15, -0.1) is 23.7 Å². The molecule has 1 saturated heterocycles. The number of nitrogens with two attached hydrogens (primary N) is 1. The summed E-state index contributed by atoms with van der Waals surface area (Å²) in [5.41, 5.74) is 5.41. The molecule has 1 amide bonds. The molecule has 4 nitrogen and oxygen atoms in total. The van der Waals surface area contributed by atoms with E-state index in [9.17, 15) is 4.79 Å². The van der Waals surface area contributed by atoms with Gasteiger partial charge in [0.25, 0.3) is 0 Å². The number of carbonyl (C=O) groups excluding carboxylic acids is 1. The third-order valence-electron chi connectivity index (χ3n) is 3.79. The van der Waals surface area contributed by atoms with Gasteiger partial charge in [-0.1, -0.05) is 6.07 Å². The fourth-order valence-electron chi connectivity index (χ4n) is 2.44. The Morgan fingerprint density at radius 2 is 2.25 bits per heavy atom. The number of thiophene rings is 1. The topological polar surface area (TPSA) is 64.4 Å². The average molecular weight is 319 g/mol. The first kappa shape index (κ1) is 17.4. The molecule has 1 aliphatic heterocycles. The number of hydrogen-bond acceptors (Lipinski definition) is 4. The summed E-state index contributed by atoms with van der Waals surface area (Å²) in [6.45, 7) is 3.70. The van der Waals surface area contributed by atoms with Crippen LogP contribution >= 0.6 is 23.7 Å². The van der Waals surface area contributed by atoms with E-state index in [0.29, 0.717) is 19.8 Å². The zero-order valence-electron chi connectivity index (χ0n) is 11.8. The van der Waals surface area contributed by atoms with Crippen molar-refractivity contribution in [3.8, 4) is 0 Å². The molecule has 1 aliphatic rings. The molecular weight excluding hydrogens is 296 g/mol. The van der Waals surface area contributed by atoms with Gasteiger partial charge in [-0.05, 0) is 31.2 Å². The number of nitrogens with one attached hydrogen (secondary N) is 1. The molecule has 6 heteroatoms. The second-order valence-electron chi connectivity index (χ2n) is 5.25. The van der Waals surface area contributed by atoms with E-state index in [1.54, 1.807) is 11.3 Å². The van der Waals surface area contributed by atoms with Gasteiger partial charge < -0.3 is 15.8 Å². The first-order valence-corrected chi connectivity index (χ1v) is 7.65. The van der Waals surface area contributed by atoms with E-state index < -0.39 is 5.41 Å². The summed E-state index contributed by atoms with van der Waals surface area (Å²) < 4.78 is 5.33. The van der Waals surface area contributed by atoms with E-state index in [4.69, 9.17) is 10.5 Å². The lowest BCUT2D eigenvalue weighted by Crippen LogP contribution is -2.51. The Kier molecular flexibility index (Phi) is 6.95. The Bertz CT molecular complexity index is 405. The largest absolute Gasteiger partial charge is 0.381 e. The van der Waals surface area contributed by atoms with E-state index in [-0.39, 0.29) is 24.4 Å². The fourth-order valence-corrected chi connectivity index (χ4v) is 3.28. The molecule has 2 rings (SSSR count). The van der Waals surface area contributed by atoms with Crippen molar-refractivity contribution in [1.29, 1.82) is 0 Å². The van der Waals surface area contributed by atoms with Crippen LogP contribution in [0.1, 0.15) is 24.6 Å². The van der Waals surface area contributed by atoms with Gasteiger partial charge in [0.05, 0.1) is 5.41 Å². The van der Waals surface area contributed by atoms with Crippen LogP contribution in [-0.2, 0) is 16.0 Å². The summed E-state index contributed by atoms with van der Waals surface area (Å²) in [6.07, 6.45) is 2.32. The van der Waals surface area contributed by atoms with Crippen molar-refractivity contribution in [2.24, 2.45) is 11.1 Å². The molecule has 0 radical (unpaired) electrons. The number of carbonyl (C=O) groups is 1. The summed E-state index contributed by atoms with van der Waals surface area (Å²) in [4.78, 5) is 13.7. The maximum absolute atomic E-state index is 12.4. The van der Waals surface area contributed by atoms with Crippen molar-refractivity contribution in [3.63, 3.8) is 0 Å². The van der Waals surface area contributed by atoms with Crippen molar-refractivity contribution in [2.45, 2.75) is 32.2 Å². The monoisotopic (exact) mass is 318 g/mol. The summed E-state index contributed by atoms with van der Waals surface area (Å²) in [7, 11) is 0. The predicted molar refractivity (Wildman–Crippen MR) is 84.4 cm³/mol. The molecule has 2 heterocycles. The van der Waals surface area contributed by atoms with Crippen molar-refractivity contribution in [3.05, 3.63) is 22.4 Å². The molecule has 0 spiro atoms. The van der Waals surface area contributed by atoms with E-state index >= 15 is 0 Å². The Hall–Kier alpha value is -0.620. The standard InChI is InChI=1S/C14H22N2O2S.ClH/c1-11(9-12-3-2-8-19-12)16-13(17)14(10-15)4-6-18-7-5-14;/h2-3,8,11H,4-7,9-10,15H2,1H3,(H,16,17);1H. The Morgan fingerprint density at radius 3 is 2.80 bits per heavy atom. The molecular formula is C14H23ClN2O2S. The zero-order valence-corrected chi connectivity index (χ0v) is 13.4. The van der Waals surface area contributed by atoms with E-state index in [1.165, 1.54) is 4.88 Å². The molecule has 1 aromatic rings. The minimum atomic E-state index is -0.429. The van der Waals surface area contributed by atoms with Crippen LogP contribution < -0.4 is 11.1 Å². The zero-order chi connectivity index (χ0) is 13.7. The summed E-state index contributed by atoms with van der Waals surface area (Å²) in [5, 5.41) is 5.17.